The van der Waals surface area contributed by atoms with Crippen LogP contribution in [-0.2, 0) is 0 Å². The van der Waals surface area contributed by atoms with E-state index >= 15 is 0 Å². The number of hydrogen-bond acceptors (Lipinski definition) is 6. The maximum atomic E-state index is 11.2. The molecule has 0 radical (unpaired) electrons. The monoisotopic (exact) mass is 287 g/mol. The van der Waals surface area contributed by atoms with Crippen LogP contribution in [0.2, 0.25) is 10.3 Å². The first kappa shape index (κ1) is 11.9. The topological polar surface area (TPSA) is 94.5 Å². The van der Waals surface area contributed by atoms with Crippen molar-refractivity contribution in [2.75, 3.05) is 5.32 Å². The van der Waals surface area contributed by atoms with E-state index in [1.165, 1.54) is 6.07 Å². The highest BCUT2D eigenvalue weighted by atomic mass is 35.5. The van der Waals surface area contributed by atoms with Crippen LogP contribution in [0.15, 0.2) is 10.9 Å². The lowest BCUT2D eigenvalue weighted by atomic mass is 10.4. The Labute approximate surface area is 109 Å². The van der Waals surface area contributed by atoms with Gasteiger partial charge in [-0.25, -0.2) is 9.97 Å². The third kappa shape index (κ3) is 2.55. The fourth-order valence-corrected chi connectivity index (χ4v) is 2.14. The third-order valence-electron chi connectivity index (χ3n) is 1.70. The molecule has 0 saturated heterocycles. The number of nitrogens with one attached hydrogen (secondary N) is 2. The summed E-state index contributed by atoms with van der Waals surface area (Å²) in [7, 11) is 0. The highest BCUT2D eigenvalue weighted by Gasteiger charge is 2.11. The van der Waals surface area contributed by atoms with Gasteiger partial charge < -0.3 is 5.32 Å². The molecule has 0 aliphatic carbocycles. The zero-order valence-corrected chi connectivity index (χ0v) is 10.3. The summed E-state index contributed by atoms with van der Waals surface area (Å²) in [5.74, 6) is 0.120. The van der Waals surface area contributed by atoms with Crippen molar-refractivity contribution < 1.29 is 0 Å². The van der Waals surface area contributed by atoms with E-state index in [4.69, 9.17) is 28.5 Å². The number of aromatic nitrogens is 3. The van der Waals surface area contributed by atoms with E-state index in [2.05, 4.69) is 19.7 Å². The summed E-state index contributed by atoms with van der Waals surface area (Å²) in [6.45, 7) is 0. The van der Waals surface area contributed by atoms with Gasteiger partial charge in [0.25, 0.3) is 5.56 Å². The van der Waals surface area contributed by atoms with Gasteiger partial charge in [-0.15, -0.1) is 0 Å². The zero-order valence-electron chi connectivity index (χ0n) is 7.99. The fraction of sp³-hybridized carbons (Fsp3) is 0. The van der Waals surface area contributed by atoms with Crippen LogP contribution < -0.4 is 10.9 Å². The minimum absolute atomic E-state index is 0.0327. The number of nitrogens with zero attached hydrogens (tertiary/aromatic N) is 3. The van der Waals surface area contributed by atoms with Crippen LogP contribution in [0.1, 0.15) is 5.56 Å². The molecule has 0 aliphatic heterocycles. The van der Waals surface area contributed by atoms with Gasteiger partial charge in [-0.3, -0.25) is 9.17 Å². The molecule has 86 valence electrons. The van der Waals surface area contributed by atoms with E-state index in [1.54, 1.807) is 6.07 Å². The summed E-state index contributed by atoms with van der Waals surface area (Å²) in [5, 5.41) is 12.1. The molecule has 0 fully saturated rings. The number of nitriles is 1. The molecule has 0 spiro atoms. The quantitative estimate of drug-likeness (QED) is 0.826. The highest BCUT2D eigenvalue weighted by Crippen LogP contribution is 2.21. The smallest absolute Gasteiger partial charge is 0.278 e. The van der Waals surface area contributed by atoms with Gasteiger partial charge in [-0.1, -0.05) is 23.2 Å². The Hall–Kier alpha value is -1.62. The van der Waals surface area contributed by atoms with Crippen LogP contribution in [0.5, 0.6) is 0 Å². The molecule has 2 heterocycles. The zero-order chi connectivity index (χ0) is 12.4. The van der Waals surface area contributed by atoms with Gasteiger partial charge in [-0.05, 0) is 11.5 Å². The van der Waals surface area contributed by atoms with Crippen LogP contribution in [0, 0.1) is 11.3 Å². The Morgan fingerprint density at radius 3 is 2.65 bits per heavy atom. The molecular formula is C8H3Cl2N5OS. The van der Waals surface area contributed by atoms with Crippen molar-refractivity contribution in [3.05, 3.63) is 32.3 Å². The molecule has 0 unspecified atom stereocenters. The van der Waals surface area contributed by atoms with Gasteiger partial charge in [0.2, 0.25) is 5.95 Å². The van der Waals surface area contributed by atoms with Crippen molar-refractivity contribution in [2.24, 2.45) is 0 Å². The molecule has 2 aromatic rings. The summed E-state index contributed by atoms with van der Waals surface area (Å²) in [4.78, 5) is 18.9. The van der Waals surface area contributed by atoms with Crippen molar-refractivity contribution in [3.63, 3.8) is 0 Å². The predicted octanol–water partition coefficient (Wildman–Crippen LogP) is 2.15. The highest BCUT2D eigenvalue weighted by molar-refractivity contribution is 7.10. The largest absolute Gasteiger partial charge is 0.313 e. The average molecular weight is 288 g/mol. The normalized spacial score (nSPS) is 9.94. The van der Waals surface area contributed by atoms with Gasteiger partial charge >= 0.3 is 0 Å². The lowest BCUT2D eigenvalue weighted by Gasteiger charge is -2.02. The standard InChI is InChI=1S/C8H3Cl2N5OS/c9-4-1-5(10)13-8(12-4)14-7-3(2-11)6(16)15-17-7/h1H,(H,15,16)(H,12,13,14). The van der Waals surface area contributed by atoms with Gasteiger partial charge in [0.1, 0.15) is 21.4 Å². The Morgan fingerprint density at radius 2 is 2.06 bits per heavy atom. The molecule has 17 heavy (non-hydrogen) atoms. The minimum atomic E-state index is -0.465. The molecule has 9 heteroatoms. The molecule has 0 saturated carbocycles. The van der Waals surface area contributed by atoms with E-state index in [9.17, 15) is 4.79 Å². The molecule has 6 nitrogen and oxygen atoms in total. The minimum Gasteiger partial charge on any atom is -0.313 e. The lowest BCUT2D eigenvalue weighted by molar-refractivity contribution is 1.17. The van der Waals surface area contributed by atoms with E-state index in [1.807, 2.05) is 0 Å². The van der Waals surface area contributed by atoms with Gasteiger partial charge in [0.15, 0.2) is 5.56 Å². The van der Waals surface area contributed by atoms with Crippen LogP contribution in [0.3, 0.4) is 0 Å². The summed E-state index contributed by atoms with van der Waals surface area (Å²) in [6.07, 6.45) is 0. The molecule has 0 aromatic carbocycles. The van der Waals surface area contributed by atoms with Crippen LogP contribution in [0.25, 0.3) is 0 Å². The number of rotatable bonds is 2. The molecule has 0 atom stereocenters. The van der Waals surface area contributed by atoms with Gasteiger partial charge in [-0.2, -0.15) is 5.26 Å². The van der Waals surface area contributed by atoms with Crippen molar-refractivity contribution in [1.29, 1.82) is 5.26 Å². The molecule has 2 rings (SSSR count). The molecular weight excluding hydrogens is 285 g/mol. The number of anilines is 2. The fourth-order valence-electron chi connectivity index (χ4n) is 1.04. The van der Waals surface area contributed by atoms with Crippen molar-refractivity contribution in [3.8, 4) is 6.07 Å². The van der Waals surface area contributed by atoms with Gasteiger partial charge in [0.05, 0.1) is 0 Å². The van der Waals surface area contributed by atoms with Crippen LogP contribution >= 0.6 is 34.7 Å². The first-order chi connectivity index (χ1) is 8.10. The molecule has 0 bridgehead atoms. The maximum absolute atomic E-state index is 11.2. The summed E-state index contributed by atoms with van der Waals surface area (Å²) < 4.78 is 2.42. The maximum Gasteiger partial charge on any atom is 0.278 e. The Balaban J connectivity index is 2.38. The first-order valence-corrected chi connectivity index (χ1v) is 5.76. The second-order valence-electron chi connectivity index (χ2n) is 2.81. The number of hydrogen-bond donors (Lipinski definition) is 2. The number of aromatic amines is 1. The lowest BCUT2D eigenvalue weighted by Crippen LogP contribution is -2.04. The first-order valence-electron chi connectivity index (χ1n) is 4.19. The number of halogens is 2. The Morgan fingerprint density at radius 1 is 1.41 bits per heavy atom. The molecule has 0 aliphatic rings. The van der Waals surface area contributed by atoms with Gasteiger partial charge in [0, 0.05) is 6.07 Å². The second-order valence-corrected chi connectivity index (χ2v) is 4.40. The summed E-state index contributed by atoms with van der Waals surface area (Å²) in [6, 6.07) is 3.15. The molecule has 2 N–H and O–H groups in total. The van der Waals surface area contributed by atoms with Crippen molar-refractivity contribution in [1.82, 2.24) is 14.3 Å². The number of H-pyrrole nitrogens is 1. The predicted molar refractivity (Wildman–Crippen MR) is 65.0 cm³/mol. The summed E-state index contributed by atoms with van der Waals surface area (Å²) in [5.41, 5.74) is -0.497. The van der Waals surface area contributed by atoms with E-state index in [-0.39, 0.29) is 21.8 Å². The Kier molecular flexibility index (Phi) is 3.28. The molecule has 2 aromatic heterocycles. The molecule has 0 amide bonds. The summed E-state index contributed by atoms with van der Waals surface area (Å²) >= 11 is 12.3. The van der Waals surface area contributed by atoms with Crippen molar-refractivity contribution >= 4 is 45.7 Å². The average Bonchev–Trinajstić information content (AvgIpc) is 2.57. The van der Waals surface area contributed by atoms with E-state index < -0.39 is 5.56 Å². The second kappa shape index (κ2) is 4.71. The van der Waals surface area contributed by atoms with Crippen molar-refractivity contribution in [2.45, 2.75) is 0 Å². The van der Waals surface area contributed by atoms with Crippen LogP contribution in [-0.4, -0.2) is 14.3 Å². The third-order valence-corrected chi connectivity index (χ3v) is 2.89. The van der Waals surface area contributed by atoms with Crippen LogP contribution in [0.4, 0.5) is 10.9 Å². The Bertz CT molecular complexity index is 638. The van der Waals surface area contributed by atoms with E-state index in [0.29, 0.717) is 5.00 Å². The van der Waals surface area contributed by atoms with E-state index in [0.717, 1.165) is 11.5 Å². The SMILES string of the molecule is N#Cc1c(Nc2nc(Cl)cc(Cl)n2)s[nH]c1=O.